The largest absolute Gasteiger partial charge is 0.480 e. The molecule has 0 bridgehead atoms. The van der Waals surface area contributed by atoms with E-state index in [1.54, 1.807) is 19.5 Å². The molecule has 2 heterocycles. The van der Waals surface area contributed by atoms with Crippen LogP contribution in [-0.4, -0.2) is 48.2 Å². The van der Waals surface area contributed by atoms with Crippen LogP contribution in [-0.2, 0) is 0 Å². The Morgan fingerprint density at radius 1 is 1.11 bits per heavy atom. The summed E-state index contributed by atoms with van der Waals surface area (Å²) in [6, 6.07) is 0. The molecule has 1 aliphatic heterocycles. The summed E-state index contributed by atoms with van der Waals surface area (Å²) in [6.07, 6.45) is 5.54. The quantitative estimate of drug-likeness (QED) is 0.824. The highest BCUT2D eigenvalue weighted by Gasteiger charge is 2.18. The third-order valence-electron chi connectivity index (χ3n) is 2.77. The molecule has 2 rings (SSSR count). The minimum absolute atomic E-state index is 0.263. The molecule has 0 spiro atoms. The van der Waals surface area contributed by atoms with E-state index < -0.39 is 0 Å². The van der Waals surface area contributed by atoms with E-state index in [4.69, 9.17) is 9.47 Å². The SMILES string of the molecule is CC.COc1cnc(OC2CCN(C)CC2)cn1. The van der Waals surface area contributed by atoms with Gasteiger partial charge in [-0.2, -0.15) is 0 Å². The van der Waals surface area contributed by atoms with Gasteiger partial charge in [0.25, 0.3) is 0 Å². The molecule has 0 N–H and O–H groups in total. The van der Waals surface area contributed by atoms with Crippen molar-refractivity contribution in [2.75, 3.05) is 27.2 Å². The van der Waals surface area contributed by atoms with Gasteiger partial charge in [-0.3, -0.25) is 0 Å². The molecule has 0 atom stereocenters. The van der Waals surface area contributed by atoms with Crippen LogP contribution in [0.25, 0.3) is 0 Å². The molecule has 1 aliphatic rings. The van der Waals surface area contributed by atoms with E-state index in [-0.39, 0.29) is 6.10 Å². The van der Waals surface area contributed by atoms with E-state index in [2.05, 4.69) is 21.9 Å². The first-order valence-electron chi connectivity index (χ1n) is 6.49. The highest BCUT2D eigenvalue weighted by Crippen LogP contribution is 2.16. The van der Waals surface area contributed by atoms with Gasteiger partial charge in [0.15, 0.2) is 0 Å². The smallest absolute Gasteiger partial charge is 0.232 e. The highest BCUT2D eigenvalue weighted by molar-refractivity contribution is 5.11. The van der Waals surface area contributed by atoms with Gasteiger partial charge >= 0.3 is 0 Å². The van der Waals surface area contributed by atoms with Gasteiger partial charge in [-0.05, 0) is 19.9 Å². The zero-order chi connectivity index (χ0) is 13.4. The molecule has 0 saturated carbocycles. The zero-order valence-electron chi connectivity index (χ0n) is 11.7. The summed E-state index contributed by atoms with van der Waals surface area (Å²) in [7, 11) is 3.70. The lowest BCUT2D eigenvalue weighted by molar-refractivity contribution is 0.109. The molecular weight excluding hydrogens is 230 g/mol. The van der Waals surface area contributed by atoms with E-state index in [0.29, 0.717) is 11.8 Å². The minimum atomic E-state index is 0.263. The van der Waals surface area contributed by atoms with Crippen molar-refractivity contribution in [3.8, 4) is 11.8 Å². The van der Waals surface area contributed by atoms with Crippen LogP contribution in [0.2, 0.25) is 0 Å². The van der Waals surface area contributed by atoms with Crippen LogP contribution in [0.1, 0.15) is 26.7 Å². The lowest BCUT2D eigenvalue weighted by atomic mass is 10.1. The zero-order valence-corrected chi connectivity index (χ0v) is 11.7. The first kappa shape index (κ1) is 14.7. The molecule has 5 nitrogen and oxygen atoms in total. The molecule has 1 fully saturated rings. The fourth-order valence-electron chi connectivity index (χ4n) is 1.74. The second-order valence-corrected chi connectivity index (χ2v) is 4.02. The number of rotatable bonds is 3. The molecule has 0 unspecified atom stereocenters. The molecule has 0 radical (unpaired) electrons. The molecule has 1 aromatic rings. The fourth-order valence-corrected chi connectivity index (χ4v) is 1.74. The molecule has 1 saturated heterocycles. The Balaban J connectivity index is 0.000000771. The van der Waals surface area contributed by atoms with Gasteiger partial charge < -0.3 is 14.4 Å². The normalized spacial score (nSPS) is 16.7. The lowest BCUT2D eigenvalue weighted by Crippen LogP contribution is -2.35. The Morgan fingerprint density at radius 3 is 2.17 bits per heavy atom. The van der Waals surface area contributed by atoms with Crippen LogP contribution in [0.15, 0.2) is 12.4 Å². The summed E-state index contributed by atoms with van der Waals surface area (Å²) < 4.78 is 10.7. The topological polar surface area (TPSA) is 47.5 Å². The van der Waals surface area contributed by atoms with Gasteiger partial charge in [0, 0.05) is 13.1 Å². The van der Waals surface area contributed by atoms with Crippen molar-refractivity contribution in [3.63, 3.8) is 0 Å². The van der Waals surface area contributed by atoms with E-state index in [1.165, 1.54) is 0 Å². The van der Waals surface area contributed by atoms with Crippen LogP contribution < -0.4 is 9.47 Å². The maximum atomic E-state index is 5.75. The molecule has 18 heavy (non-hydrogen) atoms. The minimum Gasteiger partial charge on any atom is -0.480 e. The van der Waals surface area contributed by atoms with Gasteiger partial charge in [-0.15, -0.1) is 0 Å². The predicted octanol–water partition coefficient (Wildman–Crippen LogP) is 1.98. The van der Waals surface area contributed by atoms with Gasteiger partial charge in [-0.1, -0.05) is 13.8 Å². The van der Waals surface area contributed by atoms with Crippen LogP contribution in [0, 0.1) is 0 Å². The molecular formula is C13H23N3O2. The van der Waals surface area contributed by atoms with Crippen LogP contribution >= 0.6 is 0 Å². The first-order valence-corrected chi connectivity index (χ1v) is 6.49. The number of piperidine rings is 1. The van der Waals surface area contributed by atoms with E-state index >= 15 is 0 Å². The Kier molecular flexibility index (Phi) is 6.43. The number of hydrogen-bond donors (Lipinski definition) is 0. The second-order valence-electron chi connectivity index (χ2n) is 4.02. The standard InChI is InChI=1S/C11H17N3O2.C2H6/c1-14-5-3-9(4-6-14)16-11-8-12-10(15-2)7-13-11;1-2/h7-9H,3-6H2,1-2H3;1-2H3. The van der Waals surface area contributed by atoms with E-state index in [1.807, 2.05) is 13.8 Å². The van der Waals surface area contributed by atoms with Crippen molar-refractivity contribution in [3.05, 3.63) is 12.4 Å². The number of hydrogen-bond acceptors (Lipinski definition) is 5. The number of likely N-dealkylation sites (tertiary alicyclic amines) is 1. The van der Waals surface area contributed by atoms with Gasteiger partial charge in [0.05, 0.1) is 19.5 Å². The molecule has 0 aliphatic carbocycles. The van der Waals surface area contributed by atoms with E-state index in [0.717, 1.165) is 25.9 Å². The molecule has 102 valence electrons. The van der Waals surface area contributed by atoms with Gasteiger partial charge in [0.2, 0.25) is 11.8 Å². The summed E-state index contributed by atoms with van der Waals surface area (Å²) in [4.78, 5) is 10.5. The summed E-state index contributed by atoms with van der Waals surface area (Å²) in [5.74, 6) is 1.09. The van der Waals surface area contributed by atoms with Crippen molar-refractivity contribution in [2.24, 2.45) is 0 Å². The lowest BCUT2D eigenvalue weighted by Gasteiger charge is -2.28. The van der Waals surface area contributed by atoms with Crippen molar-refractivity contribution >= 4 is 0 Å². The number of aromatic nitrogens is 2. The maximum Gasteiger partial charge on any atom is 0.232 e. The molecule has 1 aromatic heterocycles. The van der Waals surface area contributed by atoms with Gasteiger partial charge in [0.1, 0.15) is 6.10 Å². The third kappa shape index (κ3) is 4.49. The average Bonchev–Trinajstić information content (AvgIpc) is 2.44. The summed E-state index contributed by atoms with van der Waals surface area (Å²) in [6.45, 7) is 6.16. The Morgan fingerprint density at radius 2 is 1.67 bits per heavy atom. The van der Waals surface area contributed by atoms with Crippen LogP contribution in [0.5, 0.6) is 11.8 Å². The number of ether oxygens (including phenoxy) is 2. The van der Waals surface area contributed by atoms with Crippen molar-refractivity contribution in [1.82, 2.24) is 14.9 Å². The van der Waals surface area contributed by atoms with Gasteiger partial charge in [-0.25, -0.2) is 9.97 Å². The molecule has 0 amide bonds. The third-order valence-corrected chi connectivity index (χ3v) is 2.77. The number of nitrogens with zero attached hydrogens (tertiary/aromatic N) is 3. The average molecular weight is 253 g/mol. The second kappa shape index (κ2) is 7.87. The van der Waals surface area contributed by atoms with Crippen LogP contribution in [0.4, 0.5) is 0 Å². The monoisotopic (exact) mass is 253 g/mol. The Labute approximate surface area is 109 Å². The maximum absolute atomic E-state index is 5.75. The van der Waals surface area contributed by atoms with Crippen molar-refractivity contribution in [1.29, 1.82) is 0 Å². The summed E-state index contributed by atoms with van der Waals surface area (Å²) in [5, 5.41) is 0. The van der Waals surface area contributed by atoms with Crippen molar-refractivity contribution in [2.45, 2.75) is 32.8 Å². The van der Waals surface area contributed by atoms with Crippen molar-refractivity contribution < 1.29 is 9.47 Å². The summed E-state index contributed by atoms with van der Waals surface area (Å²) in [5.41, 5.74) is 0. The molecule has 5 heteroatoms. The number of methoxy groups -OCH3 is 1. The molecule has 0 aromatic carbocycles. The summed E-state index contributed by atoms with van der Waals surface area (Å²) >= 11 is 0. The first-order chi connectivity index (χ1) is 8.78. The Bertz CT molecular complexity index is 322. The predicted molar refractivity (Wildman–Crippen MR) is 71.1 cm³/mol. The van der Waals surface area contributed by atoms with Crippen LogP contribution in [0.3, 0.4) is 0 Å². The fraction of sp³-hybridized carbons (Fsp3) is 0.692. The Hall–Kier alpha value is -1.36. The van der Waals surface area contributed by atoms with E-state index in [9.17, 15) is 0 Å². The highest BCUT2D eigenvalue weighted by atomic mass is 16.5.